The molecule has 1 heteroatoms. The molecular formula is C17H27N. The molecule has 0 aliphatic heterocycles. The van der Waals surface area contributed by atoms with Gasteiger partial charge in [0, 0.05) is 6.04 Å². The molecule has 0 amide bonds. The van der Waals surface area contributed by atoms with E-state index in [0.29, 0.717) is 6.04 Å². The molecule has 1 aromatic carbocycles. The molecule has 0 heterocycles. The fraction of sp³-hybridized carbons (Fsp3) is 0.647. The van der Waals surface area contributed by atoms with Crippen LogP contribution in [0.4, 0.5) is 0 Å². The number of rotatable bonds is 4. The molecule has 100 valence electrons. The lowest BCUT2D eigenvalue weighted by Gasteiger charge is -2.33. The topological polar surface area (TPSA) is 12.0 Å². The summed E-state index contributed by atoms with van der Waals surface area (Å²) in [5.41, 5.74) is 3.06. The highest BCUT2D eigenvalue weighted by atomic mass is 14.9. The maximum atomic E-state index is 3.63. The van der Waals surface area contributed by atoms with Crippen LogP contribution in [0.5, 0.6) is 0 Å². The second-order valence-corrected chi connectivity index (χ2v) is 6.07. The maximum Gasteiger partial charge on any atom is 0.00104 e. The summed E-state index contributed by atoms with van der Waals surface area (Å²) >= 11 is 0. The van der Waals surface area contributed by atoms with Crippen molar-refractivity contribution in [3.8, 4) is 0 Å². The van der Waals surface area contributed by atoms with Gasteiger partial charge in [-0.2, -0.15) is 0 Å². The van der Waals surface area contributed by atoms with Gasteiger partial charge in [0.1, 0.15) is 0 Å². The normalized spacial score (nSPS) is 24.4. The van der Waals surface area contributed by atoms with Crippen LogP contribution in [0.25, 0.3) is 0 Å². The number of benzene rings is 1. The molecule has 1 saturated carbocycles. The number of nitrogens with one attached hydrogen (secondary N) is 1. The van der Waals surface area contributed by atoms with E-state index in [2.05, 4.69) is 50.4 Å². The van der Waals surface area contributed by atoms with Crippen molar-refractivity contribution in [2.24, 2.45) is 5.92 Å². The Balaban J connectivity index is 2.10. The van der Waals surface area contributed by atoms with Gasteiger partial charge in [0.15, 0.2) is 0 Å². The lowest BCUT2D eigenvalue weighted by atomic mass is 9.74. The van der Waals surface area contributed by atoms with Crippen molar-refractivity contribution < 1.29 is 0 Å². The van der Waals surface area contributed by atoms with Crippen LogP contribution >= 0.6 is 0 Å². The van der Waals surface area contributed by atoms with Gasteiger partial charge in [-0.1, -0.05) is 51.0 Å². The zero-order valence-electron chi connectivity index (χ0n) is 12.1. The molecule has 0 radical (unpaired) electrons. The first kappa shape index (κ1) is 13.6. The monoisotopic (exact) mass is 245 g/mol. The highest BCUT2D eigenvalue weighted by molar-refractivity contribution is 5.30. The van der Waals surface area contributed by atoms with Crippen LogP contribution in [-0.4, -0.2) is 12.6 Å². The van der Waals surface area contributed by atoms with E-state index in [1.54, 1.807) is 5.56 Å². The van der Waals surface area contributed by atoms with Crippen LogP contribution in [0, 0.1) is 12.8 Å². The summed E-state index contributed by atoms with van der Waals surface area (Å²) in [4.78, 5) is 0. The summed E-state index contributed by atoms with van der Waals surface area (Å²) < 4.78 is 0. The third-order valence-electron chi connectivity index (χ3n) is 4.29. The van der Waals surface area contributed by atoms with E-state index in [1.165, 1.54) is 37.8 Å². The molecule has 1 aliphatic carbocycles. The molecule has 0 spiro atoms. The van der Waals surface area contributed by atoms with Crippen molar-refractivity contribution in [1.82, 2.24) is 5.32 Å². The number of hydrogen-bond acceptors (Lipinski definition) is 1. The molecule has 2 atom stereocenters. The van der Waals surface area contributed by atoms with Gasteiger partial charge in [0.05, 0.1) is 0 Å². The summed E-state index contributed by atoms with van der Waals surface area (Å²) in [6, 6.07) is 9.56. The van der Waals surface area contributed by atoms with Crippen LogP contribution in [-0.2, 0) is 0 Å². The third kappa shape index (κ3) is 3.35. The lowest BCUT2D eigenvalue weighted by Crippen LogP contribution is -2.33. The van der Waals surface area contributed by atoms with Gasteiger partial charge >= 0.3 is 0 Å². The zero-order valence-corrected chi connectivity index (χ0v) is 12.1. The van der Waals surface area contributed by atoms with Gasteiger partial charge < -0.3 is 5.32 Å². The number of aryl methyl sites for hydroxylation is 1. The predicted octanol–water partition coefficient (Wildman–Crippen LogP) is 4.27. The van der Waals surface area contributed by atoms with E-state index in [1.807, 2.05) is 0 Å². The fourth-order valence-corrected chi connectivity index (χ4v) is 3.25. The van der Waals surface area contributed by atoms with E-state index < -0.39 is 0 Å². The molecule has 0 bridgehead atoms. The van der Waals surface area contributed by atoms with Crippen molar-refractivity contribution in [2.75, 3.05) is 6.54 Å². The Kier molecular flexibility index (Phi) is 4.82. The molecule has 1 nitrogen and oxygen atoms in total. The molecule has 2 rings (SSSR count). The maximum absolute atomic E-state index is 3.63. The Bertz CT molecular complexity index is 370. The molecule has 0 saturated heterocycles. The molecule has 0 aromatic heterocycles. The minimum Gasteiger partial charge on any atom is -0.314 e. The first-order chi connectivity index (χ1) is 8.68. The minimum atomic E-state index is 0.601. The predicted molar refractivity (Wildman–Crippen MR) is 79.0 cm³/mol. The summed E-state index contributed by atoms with van der Waals surface area (Å²) in [7, 11) is 0. The van der Waals surface area contributed by atoms with Gasteiger partial charge in [-0.05, 0) is 49.3 Å². The van der Waals surface area contributed by atoms with Crippen molar-refractivity contribution in [1.29, 1.82) is 0 Å². The molecule has 1 fully saturated rings. The van der Waals surface area contributed by atoms with E-state index in [-0.39, 0.29) is 0 Å². The Morgan fingerprint density at radius 1 is 1.17 bits per heavy atom. The van der Waals surface area contributed by atoms with Crippen molar-refractivity contribution >= 4 is 0 Å². The van der Waals surface area contributed by atoms with Crippen molar-refractivity contribution in [2.45, 2.75) is 58.4 Å². The van der Waals surface area contributed by atoms with Gasteiger partial charge in [-0.25, -0.2) is 0 Å². The Hall–Kier alpha value is -0.820. The van der Waals surface area contributed by atoms with E-state index in [0.717, 1.165) is 11.8 Å². The Morgan fingerprint density at radius 3 is 2.61 bits per heavy atom. The molecule has 2 unspecified atom stereocenters. The molecule has 18 heavy (non-hydrogen) atoms. The second kappa shape index (κ2) is 6.38. The molecule has 1 aromatic rings. The summed E-state index contributed by atoms with van der Waals surface area (Å²) in [6.07, 6.45) is 5.57. The minimum absolute atomic E-state index is 0.601. The van der Waals surface area contributed by atoms with Gasteiger partial charge in [0.2, 0.25) is 0 Å². The van der Waals surface area contributed by atoms with Crippen molar-refractivity contribution in [3.05, 3.63) is 35.4 Å². The van der Waals surface area contributed by atoms with Crippen LogP contribution < -0.4 is 5.32 Å². The van der Waals surface area contributed by atoms with Crippen LogP contribution in [0.3, 0.4) is 0 Å². The fourth-order valence-electron chi connectivity index (χ4n) is 3.25. The highest BCUT2D eigenvalue weighted by Crippen LogP contribution is 2.38. The van der Waals surface area contributed by atoms with Crippen LogP contribution in [0.2, 0.25) is 0 Å². The van der Waals surface area contributed by atoms with E-state index in [4.69, 9.17) is 0 Å². The molecular weight excluding hydrogens is 218 g/mol. The smallest absolute Gasteiger partial charge is 0.00104 e. The highest BCUT2D eigenvalue weighted by Gasteiger charge is 2.27. The van der Waals surface area contributed by atoms with Gasteiger partial charge in [0.25, 0.3) is 0 Å². The largest absolute Gasteiger partial charge is 0.314 e. The number of hydrogen-bond donors (Lipinski definition) is 1. The van der Waals surface area contributed by atoms with Crippen LogP contribution in [0.15, 0.2) is 24.3 Å². The Morgan fingerprint density at radius 2 is 1.89 bits per heavy atom. The first-order valence-corrected chi connectivity index (χ1v) is 7.47. The SMILES string of the molecule is Cc1ccccc1C1CCCCC1CNC(C)C. The lowest BCUT2D eigenvalue weighted by molar-refractivity contribution is 0.289. The van der Waals surface area contributed by atoms with Crippen molar-refractivity contribution in [3.63, 3.8) is 0 Å². The summed E-state index contributed by atoms with van der Waals surface area (Å²) in [5.74, 6) is 1.59. The van der Waals surface area contributed by atoms with E-state index >= 15 is 0 Å². The third-order valence-corrected chi connectivity index (χ3v) is 4.29. The quantitative estimate of drug-likeness (QED) is 0.835. The average molecular weight is 245 g/mol. The average Bonchev–Trinajstić information content (AvgIpc) is 2.37. The first-order valence-electron chi connectivity index (χ1n) is 7.47. The van der Waals surface area contributed by atoms with Crippen LogP contribution in [0.1, 0.15) is 56.6 Å². The standard InChI is InChI=1S/C17H27N/c1-13(2)18-12-15-9-5-7-11-17(15)16-10-6-4-8-14(16)3/h4,6,8,10,13,15,17-18H,5,7,9,11-12H2,1-3H3. The molecule has 1 N–H and O–H groups in total. The second-order valence-electron chi connectivity index (χ2n) is 6.07. The van der Waals surface area contributed by atoms with Gasteiger partial charge in [-0.15, -0.1) is 0 Å². The Labute approximate surface area is 112 Å². The summed E-state index contributed by atoms with van der Waals surface area (Å²) in [5, 5.41) is 3.63. The van der Waals surface area contributed by atoms with E-state index in [9.17, 15) is 0 Å². The zero-order chi connectivity index (χ0) is 13.0. The summed E-state index contributed by atoms with van der Waals surface area (Å²) in [6.45, 7) is 7.92. The van der Waals surface area contributed by atoms with Gasteiger partial charge in [-0.3, -0.25) is 0 Å². The molecule has 1 aliphatic rings.